The quantitative estimate of drug-likeness (QED) is 0.440. The normalized spacial score (nSPS) is 27.9. The van der Waals surface area contributed by atoms with E-state index < -0.39 is 6.17 Å². The van der Waals surface area contributed by atoms with Crippen LogP contribution in [0.3, 0.4) is 0 Å². The van der Waals surface area contributed by atoms with Crippen molar-refractivity contribution >= 4 is 0 Å². The van der Waals surface area contributed by atoms with Crippen molar-refractivity contribution in [2.75, 3.05) is 20.1 Å². The maximum Gasteiger partial charge on any atom is 1.00 e. The molecule has 1 aliphatic carbocycles. The van der Waals surface area contributed by atoms with Gasteiger partial charge in [0.1, 0.15) is 0 Å². The molecular formula is C13H23FKN. The summed E-state index contributed by atoms with van der Waals surface area (Å²) in [6.07, 6.45) is 8.22. The van der Waals surface area contributed by atoms with E-state index in [-0.39, 0.29) is 56.8 Å². The first-order chi connectivity index (χ1) is 7.20. The molecule has 0 aromatic heterocycles. The molecule has 0 N–H and O–H groups in total. The van der Waals surface area contributed by atoms with Crippen LogP contribution >= 0.6 is 0 Å². The molecule has 1 atom stereocenters. The first-order valence-electron chi connectivity index (χ1n) is 6.14. The first-order valence-corrected chi connectivity index (χ1v) is 6.14. The van der Waals surface area contributed by atoms with Gasteiger partial charge < -0.3 is 11.0 Å². The topological polar surface area (TPSA) is 3.24 Å². The molecule has 0 aromatic rings. The van der Waals surface area contributed by atoms with E-state index in [4.69, 9.17) is 0 Å². The molecular weight excluding hydrogens is 228 g/mol. The summed E-state index contributed by atoms with van der Waals surface area (Å²) in [5.74, 6) is 0. The Kier molecular flexibility index (Phi) is 9.05. The Bertz CT molecular complexity index is 210. The van der Waals surface area contributed by atoms with Crippen LogP contribution in [-0.4, -0.2) is 31.2 Å². The van der Waals surface area contributed by atoms with Crippen molar-refractivity contribution in [1.82, 2.24) is 4.90 Å². The second kappa shape index (κ2) is 8.38. The number of halogens is 1. The molecule has 16 heavy (non-hydrogen) atoms. The molecule has 1 aliphatic heterocycles. The minimum Gasteiger partial charge on any atom is -0.491 e. The number of alkyl halides is 1. The van der Waals surface area contributed by atoms with Gasteiger partial charge in [-0.2, -0.15) is 5.41 Å². The largest absolute Gasteiger partial charge is 1.00 e. The summed E-state index contributed by atoms with van der Waals surface area (Å²) in [5.41, 5.74) is 0.231. The molecule has 0 radical (unpaired) electrons. The fourth-order valence-corrected chi connectivity index (χ4v) is 2.28. The van der Waals surface area contributed by atoms with Gasteiger partial charge in [-0.3, -0.25) is 0 Å². The predicted molar refractivity (Wildman–Crippen MR) is 62.5 cm³/mol. The molecule has 3 heteroatoms. The second-order valence-corrected chi connectivity index (χ2v) is 4.45. The van der Waals surface area contributed by atoms with Gasteiger partial charge in [-0.25, -0.2) is 10.5 Å². The number of hydrogen-bond acceptors (Lipinski definition) is 1. The van der Waals surface area contributed by atoms with E-state index in [9.17, 15) is 4.39 Å². The third-order valence-electron chi connectivity index (χ3n) is 3.41. The van der Waals surface area contributed by atoms with Gasteiger partial charge in [0, 0.05) is 0 Å². The molecule has 1 fully saturated rings. The smallest absolute Gasteiger partial charge is 0.491 e. The molecule has 1 heterocycles. The molecule has 0 bridgehead atoms. The van der Waals surface area contributed by atoms with E-state index in [0.29, 0.717) is 6.42 Å². The van der Waals surface area contributed by atoms with Crippen molar-refractivity contribution in [1.29, 1.82) is 0 Å². The molecule has 2 rings (SSSR count). The number of nitrogens with zero attached hydrogens (tertiary/aromatic N) is 1. The number of hydrogen-bond donors (Lipinski definition) is 0. The third kappa shape index (κ3) is 4.87. The molecule has 0 amide bonds. The van der Waals surface area contributed by atoms with Crippen LogP contribution in [0.2, 0.25) is 0 Å². The Morgan fingerprint density at radius 1 is 1.25 bits per heavy atom. The number of likely N-dealkylation sites (tertiary alicyclic amines) is 1. The van der Waals surface area contributed by atoms with E-state index >= 15 is 0 Å². The maximum atomic E-state index is 12.9. The van der Waals surface area contributed by atoms with Crippen LogP contribution in [0, 0.1) is 11.5 Å². The Morgan fingerprint density at radius 3 is 2.25 bits per heavy atom. The van der Waals surface area contributed by atoms with Crippen LogP contribution in [0.15, 0.2) is 6.08 Å². The fraction of sp³-hybridized carbons (Fsp3) is 0.846. The minimum atomic E-state index is -0.731. The predicted octanol–water partition coefficient (Wildman–Crippen LogP) is 0.220. The Hall–Kier alpha value is 1.27. The van der Waals surface area contributed by atoms with E-state index in [2.05, 4.69) is 18.0 Å². The SMILES string of the molecule is CC.CN1CCC2([C-]=CC(F)CC2)CC1.[K+]. The van der Waals surface area contributed by atoms with Crippen LogP contribution in [0.5, 0.6) is 0 Å². The van der Waals surface area contributed by atoms with Crippen molar-refractivity contribution in [3.8, 4) is 0 Å². The van der Waals surface area contributed by atoms with Gasteiger partial charge in [-0.1, -0.05) is 33.1 Å². The van der Waals surface area contributed by atoms with Gasteiger partial charge in [0.2, 0.25) is 0 Å². The summed E-state index contributed by atoms with van der Waals surface area (Å²) in [6.45, 7) is 6.27. The van der Waals surface area contributed by atoms with E-state index in [0.717, 1.165) is 32.4 Å². The van der Waals surface area contributed by atoms with E-state index in [1.165, 1.54) is 0 Å². The van der Waals surface area contributed by atoms with Gasteiger partial charge in [0.15, 0.2) is 0 Å². The van der Waals surface area contributed by atoms with Gasteiger partial charge in [0.05, 0.1) is 6.17 Å². The molecule has 0 saturated carbocycles. The van der Waals surface area contributed by atoms with Crippen LogP contribution in [0.25, 0.3) is 0 Å². The summed E-state index contributed by atoms with van der Waals surface area (Å²) < 4.78 is 12.9. The Balaban J connectivity index is 0.000000711. The molecule has 2 aliphatic rings. The summed E-state index contributed by atoms with van der Waals surface area (Å²) in [7, 11) is 2.15. The van der Waals surface area contributed by atoms with Gasteiger partial charge >= 0.3 is 51.4 Å². The summed E-state index contributed by atoms with van der Waals surface area (Å²) in [5, 5.41) is 0. The summed E-state index contributed by atoms with van der Waals surface area (Å²) in [6, 6.07) is 0. The molecule has 88 valence electrons. The average molecular weight is 251 g/mol. The van der Waals surface area contributed by atoms with E-state index in [1.54, 1.807) is 6.08 Å². The number of piperidine rings is 1. The monoisotopic (exact) mass is 251 g/mol. The minimum absolute atomic E-state index is 0. The van der Waals surface area contributed by atoms with E-state index in [1.807, 2.05) is 13.8 Å². The molecule has 0 aromatic carbocycles. The zero-order chi connectivity index (χ0) is 11.3. The molecule has 1 unspecified atom stereocenters. The van der Waals surface area contributed by atoms with Crippen molar-refractivity contribution in [2.45, 2.75) is 45.7 Å². The van der Waals surface area contributed by atoms with Gasteiger partial charge in [0.25, 0.3) is 0 Å². The third-order valence-corrected chi connectivity index (χ3v) is 3.41. The Labute approximate surface area is 142 Å². The average Bonchev–Trinajstić information content (AvgIpc) is 2.30. The number of rotatable bonds is 0. The van der Waals surface area contributed by atoms with Gasteiger partial charge in [-0.15, -0.1) is 0 Å². The van der Waals surface area contributed by atoms with Crippen LogP contribution in [0.1, 0.15) is 39.5 Å². The fourth-order valence-electron chi connectivity index (χ4n) is 2.28. The Morgan fingerprint density at radius 2 is 1.81 bits per heavy atom. The van der Waals surface area contributed by atoms with Gasteiger partial charge in [-0.05, 0) is 26.6 Å². The second-order valence-electron chi connectivity index (χ2n) is 4.45. The van der Waals surface area contributed by atoms with Crippen LogP contribution in [-0.2, 0) is 0 Å². The summed E-state index contributed by atoms with van der Waals surface area (Å²) >= 11 is 0. The van der Waals surface area contributed by atoms with Crippen molar-refractivity contribution in [2.24, 2.45) is 5.41 Å². The standard InChI is InChI=1S/C11H17FN.C2H6.K/c1-13-8-6-11(7-9-13)4-2-10(12)3-5-11;1-2;/h2,10H,3,5-9H2,1H3;1-2H3;/q-1;;+1. The maximum absolute atomic E-state index is 12.9. The van der Waals surface area contributed by atoms with Crippen LogP contribution < -0.4 is 51.4 Å². The summed E-state index contributed by atoms with van der Waals surface area (Å²) in [4.78, 5) is 2.34. The van der Waals surface area contributed by atoms with Crippen molar-refractivity contribution in [3.63, 3.8) is 0 Å². The number of allylic oxidation sites excluding steroid dienone is 2. The molecule has 1 saturated heterocycles. The molecule has 1 nitrogen and oxygen atoms in total. The van der Waals surface area contributed by atoms with Crippen molar-refractivity contribution in [3.05, 3.63) is 12.2 Å². The first kappa shape index (κ1) is 17.3. The zero-order valence-electron chi connectivity index (χ0n) is 11.2. The van der Waals surface area contributed by atoms with Crippen LogP contribution in [0.4, 0.5) is 4.39 Å². The molecule has 1 spiro atoms. The zero-order valence-corrected chi connectivity index (χ0v) is 14.3. The van der Waals surface area contributed by atoms with Crippen molar-refractivity contribution < 1.29 is 55.8 Å².